The van der Waals surface area contributed by atoms with E-state index in [0.29, 0.717) is 0 Å². The molecule has 11 heteroatoms. The predicted molar refractivity (Wildman–Crippen MR) is 98.0 cm³/mol. The minimum atomic E-state index is -1.51. The second-order valence-electron chi connectivity index (χ2n) is 6.39. The first-order chi connectivity index (χ1) is 13.7. The molecule has 1 atom stereocenters. The molecule has 11 nitrogen and oxygen atoms in total. The number of hydrazine groups is 1. The molecular formula is C18H24N2O9. The fourth-order valence-electron chi connectivity index (χ4n) is 2.82. The van der Waals surface area contributed by atoms with Crippen LogP contribution in [0.2, 0.25) is 0 Å². The van der Waals surface area contributed by atoms with Gasteiger partial charge in [0.2, 0.25) is 0 Å². The molecule has 5 N–H and O–H groups in total. The first-order valence-electron chi connectivity index (χ1n) is 8.70. The van der Waals surface area contributed by atoms with Crippen molar-refractivity contribution in [1.29, 1.82) is 0 Å². The first kappa shape index (κ1) is 23.9. The van der Waals surface area contributed by atoms with E-state index in [4.69, 9.17) is 25.2 Å². The van der Waals surface area contributed by atoms with Crippen molar-refractivity contribution < 1.29 is 44.3 Å². The van der Waals surface area contributed by atoms with E-state index in [1.807, 2.05) is 11.5 Å². The molecule has 0 fully saturated rings. The number of benzene rings is 1. The molecule has 0 heterocycles. The Kier molecular flexibility index (Phi) is 10.1. The van der Waals surface area contributed by atoms with Crippen molar-refractivity contribution in [3.05, 3.63) is 35.9 Å². The third-order valence-electron chi connectivity index (χ3n) is 3.94. The molecule has 0 saturated carbocycles. The van der Waals surface area contributed by atoms with Crippen LogP contribution in [0.3, 0.4) is 0 Å². The maximum atomic E-state index is 11.1. The Bertz CT molecular complexity index is 664. The zero-order valence-electron chi connectivity index (χ0n) is 15.6. The van der Waals surface area contributed by atoms with Gasteiger partial charge in [-0.2, -0.15) is 0 Å². The summed E-state index contributed by atoms with van der Waals surface area (Å²) in [4.78, 5) is 44.3. The highest BCUT2D eigenvalue weighted by molar-refractivity contribution is 5.71. The van der Waals surface area contributed by atoms with Crippen LogP contribution in [-0.2, 0) is 25.7 Å². The van der Waals surface area contributed by atoms with Crippen LogP contribution in [0, 0.1) is 5.92 Å². The average molecular weight is 412 g/mol. The molecule has 1 aromatic rings. The summed E-state index contributed by atoms with van der Waals surface area (Å²) in [6, 6.07) is 8.13. The Balaban J connectivity index is 2.95. The minimum Gasteiger partial charge on any atom is -0.481 e. The smallest absolute Gasteiger partial charge is 0.419 e. The van der Waals surface area contributed by atoms with E-state index in [1.54, 1.807) is 24.3 Å². The van der Waals surface area contributed by atoms with E-state index < -0.39 is 55.3 Å². The lowest BCUT2D eigenvalue weighted by Gasteiger charge is -2.31. The zero-order valence-corrected chi connectivity index (χ0v) is 15.6. The number of carboxylic acids is 3. The van der Waals surface area contributed by atoms with Gasteiger partial charge < -0.3 is 25.2 Å². The second-order valence-corrected chi connectivity index (χ2v) is 6.39. The fourth-order valence-corrected chi connectivity index (χ4v) is 2.82. The summed E-state index contributed by atoms with van der Waals surface area (Å²) < 4.78 is 5.57. The molecule has 0 aromatic heterocycles. The van der Waals surface area contributed by atoms with E-state index >= 15 is 0 Å². The number of ether oxygens (including phenoxy) is 1. The van der Waals surface area contributed by atoms with Gasteiger partial charge in [-0.3, -0.25) is 19.8 Å². The number of rotatable bonds is 14. The van der Waals surface area contributed by atoms with Crippen molar-refractivity contribution in [3.8, 4) is 0 Å². The van der Waals surface area contributed by atoms with Crippen LogP contribution in [-0.4, -0.2) is 68.6 Å². The summed E-state index contributed by atoms with van der Waals surface area (Å²) >= 11 is 0. The number of carbonyl (C=O) groups is 4. The number of carboxylic acid groups (broad SMARTS) is 4. The van der Waals surface area contributed by atoms with Crippen molar-refractivity contribution >= 4 is 24.0 Å². The van der Waals surface area contributed by atoms with Crippen molar-refractivity contribution in [2.24, 2.45) is 5.92 Å². The monoisotopic (exact) mass is 412 g/mol. The number of hydrogen-bond donors (Lipinski definition) is 5. The summed E-state index contributed by atoms with van der Waals surface area (Å²) in [5, 5.41) is 37.0. The Hall–Kier alpha value is -3.18. The number of nitrogens with zero attached hydrogens (tertiary/aromatic N) is 1. The molecule has 1 unspecified atom stereocenters. The average Bonchev–Trinajstić information content (AvgIpc) is 2.59. The van der Waals surface area contributed by atoms with Crippen molar-refractivity contribution in [2.75, 3.05) is 13.2 Å². The van der Waals surface area contributed by atoms with Crippen LogP contribution >= 0.6 is 0 Å². The molecule has 160 valence electrons. The zero-order chi connectivity index (χ0) is 21.8. The van der Waals surface area contributed by atoms with Gasteiger partial charge in [-0.25, -0.2) is 9.80 Å². The standard InChI is InChI=1S/C18H24N2O9/c21-15(22)7-13(8-16(23)24)6-14(20(9-17(25)26)19-18(27)28)11-29-10-12-4-2-1-3-5-12/h1-5,13-14,19H,6-11H2,(H,21,22)(H,23,24)(H,25,26)(H,27,28). The van der Waals surface area contributed by atoms with Crippen LogP contribution in [0.5, 0.6) is 0 Å². The summed E-state index contributed by atoms with van der Waals surface area (Å²) in [7, 11) is 0. The Labute approximate surface area is 166 Å². The normalized spacial score (nSPS) is 11.9. The quantitative estimate of drug-likeness (QED) is 0.278. The molecule has 0 aliphatic rings. The molecule has 1 rings (SSSR count). The number of nitrogens with one attached hydrogen (secondary N) is 1. The molecule has 1 aromatic carbocycles. The van der Waals surface area contributed by atoms with Crippen molar-refractivity contribution in [1.82, 2.24) is 10.4 Å². The Morgan fingerprint density at radius 1 is 0.931 bits per heavy atom. The Morgan fingerprint density at radius 2 is 1.52 bits per heavy atom. The van der Waals surface area contributed by atoms with Crippen LogP contribution < -0.4 is 5.43 Å². The second kappa shape index (κ2) is 12.3. The predicted octanol–water partition coefficient (Wildman–Crippen LogP) is 1.10. The van der Waals surface area contributed by atoms with Gasteiger partial charge in [0.25, 0.3) is 0 Å². The molecule has 0 bridgehead atoms. The van der Waals surface area contributed by atoms with E-state index in [9.17, 15) is 19.2 Å². The first-order valence-corrected chi connectivity index (χ1v) is 8.70. The van der Waals surface area contributed by atoms with Crippen molar-refractivity contribution in [2.45, 2.75) is 31.9 Å². The lowest BCUT2D eigenvalue weighted by atomic mass is 9.93. The Morgan fingerprint density at radius 3 is 2.00 bits per heavy atom. The summed E-state index contributed by atoms with van der Waals surface area (Å²) in [5.74, 6) is -4.59. The van der Waals surface area contributed by atoms with E-state index in [0.717, 1.165) is 10.6 Å². The van der Waals surface area contributed by atoms with Gasteiger partial charge in [0.05, 0.1) is 19.3 Å². The summed E-state index contributed by atoms with van der Waals surface area (Å²) in [6.45, 7) is -0.690. The molecule has 0 radical (unpaired) electrons. The van der Waals surface area contributed by atoms with Gasteiger partial charge in [0.15, 0.2) is 0 Å². The lowest BCUT2D eigenvalue weighted by molar-refractivity contribution is -0.143. The van der Waals surface area contributed by atoms with E-state index in [1.165, 1.54) is 0 Å². The van der Waals surface area contributed by atoms with Crippen LogP contribution in [0.4, 0.5) is 4.79 Å². The number of hydrogen-bond acceptors (Lipinski definition) is 6. The van der Waals surface area contributed by atoms with Crippen LogP contribution in [0.15, 0.2) is 30.3 Å². The van der Waals surface area contributed by atoms with E-state index in [-0.39, 0.29) is 19.6 Å². The topological polar surface area (TPSA) is 174 Å². The molecule has 0 aliphatic carbocycles. The largest absolute Gasteiger partial charge is 0.481 e. The third-order valence-corrected chi connectivity index (χ3v) is 3.94. The molecule has 0 saturated heterocycles. The van der Waals surface area contributed by atoms with Gasteiger partial charge in [0, 0.05) is 12.8 Å². The number of aliphatic carboxylic acids is 3. The highest BCUT2D eigenvalue weighted by Gasteiger charge is 2.28. The molecule has 29 heavy (non-hydrogen) atoms. The van der Waals surface area contributed by atoms with Gasteiger partial charge in [-0.05, 0) is 17.9 Å². The summed E-state index contributed by atoms with van der Waals surface area (Å²) in [6.07, 6.45) is -2.53. The SMILES string of the molecule is O=C(O)CC(CC(=O)O)CC(COCc1ccccc1)N(CC(=O)O)NC(=O)O. The molecule has 1 amide bonds. The van der Waals surface area contributed by atoms with Crippen LogP contribution in [0.25, 0.3) is 0 Å². The van der Waals surface area contributed by atoms with Gasteiger partial charge in [-0.15, -0.1) is 0 Å². The highest BCUT2D eigenvalue weighted by Crippen LogP contribution is 2.20. The fraction of sp³-hybridized carbons (Fsp3) is 0.444. The van der Waals surface area contributed by atoms with E-state index in [2.05, 4.69) is 0 Å². The highest BCUT2D eigenvalue weighted by atomic mass is 16.5. The van der Waals surface area contributed by atoms with Crippen molar-refractivity contribution in [3.63, 3.8) is 0 Å². The lowest BCUT2D eigenvalue weighted by Crippen LogP contribution is -2.52. The summed E-state index contributed by atoms with van der Waals surface area (Å²) in [5.41, 5.74) is 2.79. The molecule has 0 aliphatic heterocycles. The molecule has 0 spiro atoms. The van der Waals surface area contributed by atoms with Gasteiger partial charge in [-0.1, -0.05) is 30.3 Å². The maximum absolute atomic E-state index is 11.1. The molecular weight excluding hydrogens is 388 g/mol. The number of amides is 1. The van der Waals surface area contributed by atoms with Gasteiger partial charge >= 0.3 is 24.0 Å². The van der Waals surface area contributed by atoms with Gasteiger partial charge in [0.1, 0.15) is 6.54 Å². The van der Waals surface area contributed by atoms with Crippen LogP contribution in [0.1, 0.15) is 24.8 Å². The maximum Gasteiger partial charge on any atom is 0.419 e. The minimum absolute atomic E-state index is 0.0963. The third kappa shape index (κ3) is 10.7.